The molecule has 1 N–H and O–H groups in total. The van der Waals surface area contributed by atoms with Crippen LogP contribution in [0.25, 0.3) is 10.8 Å². The van der Waals surface area contributed by atoms with E-state index >= 15 is 0 Å². The van der Waals surface area contributed by atoms with Gasteiger partial charge < -0.3 is 9.84 Å². The number of fused-ring (bicyclic) bond motifs is 1. The molecule has 0 amide bonds. The van der Waals surface area contributed by atoms with Crippen LogP contribution < -0.4 is 4.74 Å². The Labute approximate surface area is 127 Å². The molecule has 21 heavy (non-hydrogen) atoms. The third kappa shape index (κ3) is 5.39. The van der Waals surface area contributed by atoms with Gasteiger partial charge in [-0.25, -0.2) is 0 Å². The molecule has 0 aliphatic carbocycles. The molecule has 0 fully saturated rings. The molecule has 0 aromatic heterocycles. The highest BCUT2D eigenvalue weighted by Gasteiger charge is 2.00. The van der Waals surface area contributed by atoms with Crippen molar-refractivity contribution in [1.29, 1.82) is 0 Å². The number of hydrogen-bond donors (Lipinski definition) is 1. The topological polar surface area (TPSA) is 29.5 Å². The van der Waals surface area contributed by atoms with Crippen molar-refractivity contribution in [1.82, 2.24) is 0 Å². The van der Waals surface area contributed by atoms with Gasteiger partial charge >= 0.3 is 0 Å². The molecule has 2 aromatic carbocycles. The first-order chi connectivity index (χ1) is 10.4. The summed E-state index contributed by atoms with van der Waals surface area (Å²) in [4.78, 5) is 0. The first-order valence-electron chi connectivity index (χ1n) is 8.13. The Bertz CT molecular complexity index is 516. The maximum Gasteiger partial charge on any atom is 0.127 e. The average Bonchev–Trinajstić information content (AvgIpc) is 2.53. The molecular formula is C19H26O2. The maximum atomic E-state index is 8.71. The van der Waals surface area contributed by atoms with E-state index in [2.05, 4.69) is 42.5 Å². The third-order valence-electron chi connectivity index (χ3n) is 3.81. The van der Waals surface area contributed by atoms with Gasteiger partial charge in [-0.05, 0) is 24.3 Å². The van der Waals surface area contributed by atoms with Crippen LogP contribution in [0.4, 0.5) is 0 Å². The average molecular weight is 286 g/mol. The second-order valence-corrected chi connectivity index (χ2v) is 5.52. The standard InChI is InChI=1S/C19H26O2/c20-15-8-4-2-1-3-5-9-16-21-19-14-10-12-17-11-6-7-13-18(17)19/h6-7,10-14,20H,1-5,8-9,15-16H2. The predicted octanol–water partition coefficient (Wildman–Crippen LogP) is 4.94. The summed E-state index contributed by atoms with van der Waals surface area (Å²) in [5.74, 6) is 0.996. The summed E-state index contributed by atoms with van der Waals surface area (Å²) in [7, 11) is 0. The third-order valence-corrected chi connectivity index (χ3v) is 3.81. The van der Waals surface area contributed by atoms with Gasteiger partial charge in [0.05, 0.1) is 6.61 Å². The minimum atomic E-state index is 0.332. The Hall–Kier alpha value is -1.54. The molecule has 2 rings (SSSR count). The fourth-order valence-corrected chi connectivity index (χ4v) is 2.60. The lowest BCUT2D eigenvalue weighted by Crippen LogP contribution is -1.97. The first kappa shape index (κ1) is 15.8. The van der Waals surface area contributed by atoms with Crippen molar-refractivity contribution in [3.8, 4) is 5.75 Å². The van der Waals surface area contributed by atoms with E-state index in [0.717, 1.165) is 31.6 Å². The van der Waals surface area contributed by atoms with Gasteiger partial charge in [-0.2, -0.15) is 0 Å². The molecule has 0 spiro atoms. The Morgan fingerprint density at radius 3 is 2.19 bits per heavy atom. The van der Waals surface area contributed by atoms with Crippen LogP contribution in [0, 0.1) is 0 Å². The Kier molecular flexibility index (Phi) is 7.10. The minimum absolute atomic E-state index is 0.332. The number of aliphatic hydroxyl groups is 1. The van der Waals surface area contributed by atoms with Crippen LogP contribution in [0.2, 0.25) is 0 Å². The van der Waals surface area contributed by atoms with Gasteiger partial charge in [0.15, 0.2) is 0 Å². The van der Waals surface area contributed by atoms with E-state index in [1.807, 2.05) is 0 Å². The second-order valence-electron chi connectivity index (χ2n) is 5.52. The van der Waals surface area contributed by atoms with Crippen LogP contribution >= 0.6 is 0 Å². The molecule has 0 saturated heterocycles. The van der Waals surface area contributed by atoms with E-state index in [9.17, 15) is 0 Å². The second kappa shape index (κ2) is 9.41. The predicted molar refractivity (Wildman–Crippen MR) is 88.8 cm³/mol. The molecule has 2 nitrogen and oxygen atoms in total. The van der Waals surface area contributed by atoms with Crippen molar-refractivity contribution in [2.24, 2.45) is 0 Å². The maximum absolute atomic E-state index is 8.71. The summed E-state index contributed by atoms with van der Waals surface area (Å²) in [6, 6.07) is 14.6. The molecule has 2 aromatic rings. The summed E-state index contributed by atoms with van der Waals surface area (Å²) in [6.45, 7) is 1.13. The van der Waals surface area contributed by atoms with Crippen molar-refractivity contribution in [2.45, 2.75) is 44.9 Å². The van der Waals surface area contributed by atoms with Gasteiger partial charge in [-0.15, -0.1) is 0 Å². The van der Waals surface area contributed by atoms with Crippen LogP contribution in [0.5, 0.6) is 5.75 Å². The quantitative estimate of drug-likeness (QED) is 0.627. The zero-order valence-corrected chi connectivity index (χ0v) is 12.8. The lowest BCUT2D eigenvalue weighted by Gasteiger charge is -2.09. The normalized spacial score (nSPS) is 10.9. The first-order valence-corrected chi connectivity index (χ1v) is 8.13. The van der Waals surface area contributed by atoms with Crippen LogP contribution in [-0.4, -0.2) is 18.3 Å². The highest BCUT2D eigenvalue weighted by molar-refractivity contribution is 5.88. The molecule has 0 unspecified atom stereocenters. The van der Waals surface area contributed by atoms with Crippen LogP contribution in [-0.2, 0) is 0 Å². The molecular weight excluding hydrogens is 260 g/mol. The molecule has 0 aliphatic heterocycles. The number of ether oxygens (including phenoxy) is 1. The zero-order chi connectivity index (χ0) is 14.8. The van der Waals surface area contributed by atoms with E-state index in [4.69, 9.17) is 9.84 Å². The van der Waals surface area contributed by atoms with Gasteiger partial charge in [0.25, 0.3) is 0 Å². The SMILES string of the molecule is OCCCCCCCCCOc1cccc2ccccc12. The largest absolute Gasteiger partial charge is 0.493 e. The Morgan fingerprint density at radius 2 is 1.38 bits per heavy atom. The van der Waals surface area contributed by atoms with Gasteiger partial charge in [-0.1, -0.05) is 68.5 Å². The van der Waals surface area contributed by atoms with Gasteiger partial charge in [0.2, 0.25) is 0 Å². The minimum Gasteiger partial charge on any atom is -0.493 e. The summed E-state index contributed by atoms with van der Waals surface area (Å²) in [5, 5.41) is 11.1. The molecule has 0 bridgehead atoms. The zero-order valence-electron chi connectivity index (χ0n) is 12.8. The molecule has 114 valence electrons. The van der Waals surface area contributed by atoms with E-state index < -0.39 is 0 Å². The Balaban J connectivity index is 1.64. The summed E-state index contributed by atoms with van der Waals surface area (Å²) >= 11 is 0. The van der Waals surface area contributed by atoms with Crippen LogP contribution in [0.15, 0.2) is 42.5 Å². The Morgan fingerprint density at radius 1 is 0.714 bits per heavy atom. The summed E-state index contributed by atoms with van der Waals surface area (Å²) in [5.41, 5.74) is 0. The van der Waals surface area contributed by atoms with Crippen LogP contribution in [0.1, 0.15) is 44.9 Å². The highest BCUT2D eigenvalue weighted by atomic mass is 16.5. The van der Waals surface area contributed by atoms with Gasteiger partial charge in [-0.3, -0.25) is 0 Å². The van der Waals surface area contributed by atoms with Crippen molar-refractivity contribution in [2.75, 3.05) is 13.2 Å². The summed E-state index contributed by atoms with van der Waals surface area (Å²) in [6.07, 6.45) is 8.23. The number of aliphatic hydroxyl groups excluding tert-OH is 1. The summed E-state index contributed by atoms with van der Waals surface area (Å²) < 4.78 is 5.93. The smallest absolute Gasteiger partial charge is 0.127 e. The van der Waals surface area contributed by atoms with E-state index in [1.165, 1.54) is 36.5 Å². The lowest BCUT2D eigenvalue weighted by atomic mass is 10.1. The van der Waals surface area contributed by atoms with Crippen LogP contribution in [0.3, 0.4) is 0 Å². The van der Waals surface area contributed by atoms with E-state index in [-0.39, 0.29) is 0 Å². The fourth-order valence-electron chi connectivity index (χ4n) is 2.60. The molecule has 0 heterocycles. The monoisotopic (exact) mass is 286 g/mol. The molecule has 0 radical (unpaired) electrons. The van der Waals surface area contributed by atoms with Crippen molar-refractivity contribution >= 4 is 10.8 Å². The van der Waals surface area contributed by atoms with Gasteiger partial charge in [0, 0.05) is 12.0 Å². The van der Waals surface area contributed by atoms with Crippen molar-refractivity contribution in [3.05, 3.63) is 42.5 Å². The van der Waals surface area contributed by atoms with Crippen molar-refractivity contribution < 1.29 is 9.84 Å². The molecule has 0 aliphatic rings. The number of unbranched alkanes of at least 4 members (excludes halogenated alkanes) is 6. The number of benzene rings is 2. The fraction of sp³-hybridized carbons (Fsp3) is 0.474. The molecule has 2 heteroatoms. The van der Waals surface area contributed by atoms with Gasteiger partial charge in [0.1, 0.15) is 5.75 Å². The molecule has 0 atom stereocenters. The molecule has 0 saturated carbocycles. The number of hydrogen-bond acceptors (Lipinski definition) is 2. The highest BCUT2D eigenvalue weighted by Crippen LogP contribution is 2.25. The van der Waals surface area contributed by atoms with Crippen molar-refractivity contribution in [3.63, 3.8) is 0 Å². The number of rotatable bonds is 10. The lowest BCUT2D eigenvalue weighted by molar-refractivity contribution is 0.281. The van der Waals surface area contributed by atoms with E-state index in [1.54, 1.807) is 0 Å². The van der Waals surface area contributed by atoms with E-state index in [0.29, 0.717) is 6.61 Å².